The van der Waals surface area contributed by atoms with Gasteiger partial charge < -0.3 is 14.6 Å². The molecule has 1 fully saturated rings. The standard InChI is InChI=1S/C14H17F3O3/c1-9-6-7-19-13(9)12(18)8-10-2-4-11(5-3-10)20-14(15,16)17/h2-5,9,12-13,18H,6-8H2,1H3. The second kappa shape index (κ2) is 6.01. The number of aliphatic hydroxyl groups excluding tert-OH is 1. The minimum atomic E-state index is -4.69. The molecule has 0 spiro atoms. The average molecular weight is 290 g/mol. The predicted molar refractivity (Wildman–Crippen MR) is 66.4 cm³/mol. The third-order valence-corrected chi connectivity index (χ3v) is 3.43. The van der Waals surface area contributed by atoms with Crippen molar-refractivity contribution in [3.05, 3.63) is 29.8 Å². The molecule has 0 radical (unpaired) electrons. The van der Waals surface area contributed by atoms with Crippen LogP contribution in [-0.4, -0.2) is 30.3 Å². The van der Waals surface area contributed by atoms with Gasteiger partial charge in [0.2, 0.25) is 0 Å². The number of rotatable bonds is 4. The quantitative estimate of drug-likeness (QED) is 0.926. The molecule has 20 heavy (non-hydrogen) atoms. The number of benzene rings is 1. The van der Waals surface area contributed by atoms with Crippen molar-refractivity contribution in [2.45, 2.75) is 38.3 Å². The summed E-state index contributed by atoms with van der Waals surface area (Å²) in [7, 11) is 0. The molecule has 3 atom stereocenters. The van der Waals surface area contributed by atoms with E-state index in [1.165, 1.54) is 24.3 Å². The fourth-order valence-electron chi connectivity index (χ4n) is 2.39. The molecule has 3 nitrogen and oxygen atoms in total. The maximum Gasteiger partial charge on any atom is 0.573 e. The van der Waals surface area contributed by atoms with Crippen molar-refractivity contribution >= 4 is 0 Å². The highest BCUT2D eigenvalue weighted by atomic mass is 19.4. The van der Waals surface area contributed by atoms with Gasteiger partial charge in [-0.1, -0.05) is 19.1 Å². The number of aliphatic hydroxyl groups is 1. The number of ether oxygens (including phenoxy) is 2. The molecule has 1 aromatic rings. The van der Waals surface area contributed by atoms with Crippen LogP contribution in [0.15, 0.2) is 24.3 Å². The van der Waals surface area contributed by atoms with E-state index in [-0.39, 0.29) is 17.8 Å². The zero-order valence-electron chi connectivity index (χ0n) is 11.1. The van der Waals surface area contributed by atoms with E-state index in [0.29, 0.717) is 13.0 Å². The summed E-state index contributed by atoms with van der Waals surface area (Å²) in [4.78, 5) is 0. The van der Waals surface area contributed by atoms with E-state index in [1.807, 2.05) is 6.92 Å². The Morgan fingerprint density at radius 3 is 2.50 bits per heavy atom. The molecule has 3 unspecified atom stereocenters. The molecular weight excluding hydrogens is 273 g/mol. The molecule has 0 amide bonds. The summed E-state index contributed by atoms with van der Waals surface area (Å²) in [6, 6.07) is 5.52. The Labute approximate surface area is 115 Å². The molecular formula is C14H17F3O3. The van der Waals surface area contributed by atoms with Crippen molar-refractivity contribution in [1.82, 2.24) is 0 Å². The lowest BCUT2D eigenvalue weighted by molar-refractivity contribution is -0.274. The van der Waals surface area contributed by atoms with E-state index in [9.17, 15) is 18.3 Å². The van der Waals surface area contributed by atoms with E-state index in [0.717, 1.165) is 12.0 Å². The van der Waals surface area contributed by atoms with Crippen molar-refractivity contribution in [1.29, 1.82) is 0 Å². The van der Waals surface area contributed by atoms with Gasteiger partial charge in [0.1, 0.15) is 5.75 Å². The molecule has 0 bridgehead atoms. The normalized spacial score (nSPS) is 24.6. The molecule has 1 aliphatic rings. The lowest BCUT2D eigenvalue weighted by atomic mass is 9.95. The first-order chi connectivity index (χ1) is 9.35. The van der Waals surface area contributed by atoms with Crippen molar-refractivity contribution in [3.8, 4) is 5.75 Å². The maximum atomic E-state index is 12.0. The van der Waals surface area contributed by atoms with Crippen LogP contribution in [0.4, 0.5) is 13.2 Å². The van der Waals surface area contributed by atoms with Gasteiger partial charge in [-0.15, -0.1) is 13.2 Å². The zero-order valence-corrected chi connectivity index (χ0v) is 11.1. The van der Waals surface area contributed by atoms with Crippen molar-refractivity contribution in [3.63, 3.8) is 0 Å². The fraction of sp³-hybridized carbons (Fsp3) is 0.571. The molecule has 1 heterocycles. The van der Waals surface area contributed by atoms with Gasteiger partial charge in [-0.3, -0.25) is 0 Å². The molecule has 0 aromatic heterocycles. The third-order valence-electron chi connectivity index (χ3n) is 3.43. The zero-order chi connectivity index (χ0) is 14.8. The minimum Gasteiger partial charge on any atom is -0.406 e. The Morgan fingerprint density at radius 2 is 2.00 bits per heavy atom. The summed E-state index contributed by atoms with van der Waals surface area (Å²) in [5.41, 5.74) is 0.745. The first-order valence-corrected chi connectivity index (χ1v) is 6.49. The van der Waals surface area contributed by atoms with Crippen molar-refractivity contribution in [2.24, 2.45) is 5.92 Å². The van der Waals surface area contributed by atoms with Crippen LogP contribution < -0.4 is 4.74 Å². The lowest BCUT2D eigenvalue weighted by Crippen LogP contribution is -2.31. The minimum absolute atomic E-state index is 0.207. The molecule has 2 rings (SSSR count). The van der Waals surface area contributed by atoms with Gasteiger partial charge in [-0.2, -0.15) is 0 Å². The SMILES string of the molecule is CC1CCOC1C(O)Cc1ccc(OC(F)(F)F)cc1. The highest BCUT2D eigenvalue weighted by molar-refractivity contribution is 5.28. The second-order valence-corrected chi connectivity index (χ2v) is 5.06. The fourth-order valence-corrected chi connectivity index (χ4v) is 2.39. The Balaban J connectivity index is 1.93. The van der Waals surface area contributed by atoms with Gasteiger partial charge in [0.15, 0.2) is 0 Å². The molecule has 0 aliphatic carbocycles. The molecule has 1 N–H and O–H groups in total. The van der Waals surface area contributed by atoms with E-state index < -0.39 is 12.5 Å². The van der Waals surface area contributed by atoms with Crippen molar-refractivity contribution in [2.75, 3.05) is 6.61 Å². The van der Waals surface area contributed by atoms with Crippen LogP contribution in [-0.2, 0) is 11.2 Å². The summed E-state index contributed by atoms with van der Waals surface area (Å²) >= 11 is 0. The molecule has 1 aromatic carbocycles. The van der Waals surface area contributed by atoms with Crippen LogP contribution >= 0.6 is 0 Å². The second-order valence-electron chi connectivity index (χ2n) is 5.06. The Kier molecular flexibility index (Phi) is 4.55. The molecule has 0 saturated carbocycles. The topological polar surface area (TPSA) is 38.7 Å². The van der Waals surface area contributed by atoms with Crippen LogP contribution in [0.3, 0.4) is 0 Å². The van der Waals surface area contributed by atoms with Gasteiger partial charge >= 0.3 is 6.36 Å². The van der Waals surface area contributed by atoms with Crippen molar-refractivity contribution < 1.29 is 27.8 Å². The smallest absolute Gasteiger partial charge is 0.406 e. The number of alkyl halides is 3. The number of halogens is 3. The number of hydrogen-bond acceptors (Lipinski definition) is 3. The summed E-state index contributed by atoms with van der Waals surface area (Å²) in [5.74, 6) is 0.0269. The Morgan fingerprint density at radius 1 is 1.35 bits per heavy atom. The van der Waals surface area contributed by atoms with Crippen LogP contribution in [0, 0.1) is 5.92 Å². The molecule has 6 heteroatoms. The summed E-state index contributed by atoms with van der Waals surface area (Å²) in [6.45, 7) is 2.66. The highest BCUT2D eigenvalue weighted by Crippen LogP contribution is 2.26. The van der Waals surface area contributed by atoms with Gasteiger partial charge in [0, 0.05) is 13.0 Å². The van der Waals surface area contributed by atoms with E-state index in [2.05, 4.69) is 4.74 Å². The maximum absolute atomic E-state index is 12.0. The van der Waals surface area contributed by atoms with Gasteiger partial charge in [0.05, 0.1) is 12.2 Å². The van der Waals surface area contributed by atoms with E-state index in [1.54, 1.807) is 0 Å². The van der Waals surface area contributed by atoms with E-state index in [4.69, 9.17) is 4.74 Å². The van der Waals surface area contributed by atoms with Crippen LogP contribution in [0.5, 0.6) is 5.75 Å². The Hall–Kier alpha value is -1.27. The molecule has 112 valence electrons. The summed E-state index contributed by atoms with van der Waals surface area (Å²) in [6.07, 6.45) is -4.28. The van der Waals surface area contributed by atoms with Gasteiger partial charge in [-0.25, -0.2) is 0 Å². The highest BCUT2D eigenvalue weighted by Gasteiger charge is 2.32. The Bertz CT molecular complexity index is 430. The van der Waals surface area contributed by atoms with Gasteiger partial charge in [-0.05, 0) is 30.0 Å². The summed E-state index contributed by atoms with van der Waals surface area (Å²) < 4.78 is 45.3. The third kappa shape index (κ3) is 4.11. The first kappa shape index (κ1) is 15.1. The van der Waals surface area contributed by atoms with Crippen LogP contribution in [0.2, 0.25) is 0 Å². The van der Waals surface area contributed by atoms with Gasteiger partial charge in [0.25, 0.3) is 0 Å². The summed E-state index contributed by atoms with van der Waals surface area (Å²) in [5, 5.41) is 10.1. The number of hydrogen-bond donors (Lipinski definition) is 1. The lowest BCUT2D eigenvalue weighted by Gasteiger charge is -2.21. The predicted octanol–water partition coefficient (Wildman–Crippen LogP) is 2.91. The molecule has 1 aliphatic heterocycles. The van der Waals surface area contributed by atoms with Crippen LogP contribution in [0.25, 0.3) is 0 Å². The monoisotopic (exact) mass is 290 g/mol. The first-order valence-electron chi connectivity index (χ1n) is 6.49. The van der Waals surface area contributed by atoms with Crippen LogP contribution in [0.1, 0.15) is 18.9 Å². The largest absolute Gasteiger partial charge is 0.573 e. The average Bonchev–Trinajstić information content (AvgIpc) is 2.76. The van der Waals surface area contributed by atoms with E-state index >= 15 is 0 Å². The molecule has 1 saturated heterocycles.